The molecule has 2 rings (SSSR count). The molecule has 0 aliphatic rings. The van der Waals surface area contributed by atoms with Gasteiger partial charge in [0.15, 0.2) is 0 Å². The van der Waals surface area contributed by atoms with Crippen molar-refractivity contribution in [1.82, 2.24) is 9.78 Å². The highest BCUT2D eigenvalue weighted by molar-refractivity contribution is 5.91. The van der Waals surface area contributed by atoms with Gasteiger partial charge in [-0.25, -0.2) is 0 Å². The van der Waals surface area contributed by atoms with Crippen molar-refractivity contribution in [1.29, 1.82) is 0 Å². The fourth-order valence-corrected chi connectivity index (χ4v) is 1.65. The molecule has 1 heterocycles. The number of aromatic nitrogens is 2. The molecule has 0 aliphatic carbocycles. The molecule has 0 unspecified atom stereocenters. The van der Waals surface area contributed by atoms with Crippen LogP contribution in [0.2, 0.25) is 0 Å². The first-order valence-electron chi connectivity index (χ1n) is 5.75. The van der Waals surface area contributed by atoms with Crippen molar-refractivity contribution in [2.75, 3.05) is 5.32 Å². The van der Waals surface area contributed by atoms with Gasteiger partial charge in [0.25, 0.3) is 0 Å². The molecule has 104 valence electrons. The van der Waals surface area contributed by atoms with Crippen LogP contribution >= 0.6 is 0 Å². The maximum atomic E-state index is 11.8. The van der Waals surface area contributed by atoms with E-state index >= 15 is 0 Å². The van der Waals surface area contributed by atoms with Gasteiger partial charge in [-0.3, -0.25) is 19.6 Å². The highest BCUT2D eigenvalue weighted by atomic mass is 16.6. The Bertz CT molecular complexity index is 638. The van der Waals surface area contributed by atoms with Crippen molar-refractivity contribution in [3.05, 3.63) is 52.3 Å². The highest BCUT2D eigenvalue weighted by Gasteiger charge is 2.12. The summed E-state index contributed by atoms with van der Waals surface area (Å²) in [6.07, 6.45) is 2.26. The summed E-state index contributed by atoms with van der Waals surface area (Å²) >= 11 is 0. The van der Waals surface area contributed by atoms with Gasteiger partial charge in [-0.15, -0.1) is 0 Å². The van der Waals surface area contributed by atoms with Gasteiger partial charge in [0.2, 0.25) is 5.91 Å². The SMILES string of the molecule is O=C(Cn1cc([N+](=O)[O-])cn1)Nc1ccccc1CO. The van der Waals surface area contributed by atoms with E-state index in [1.807, 2.05) is 0 Å². The van der Waals surface area contributed by atoms with Crippen LogP contribution in [0.1, 0.15) is 5.56 Å². The van der Waals surface area contributed by atoms with Crippen molar-refractivity contribution in [3.63, 3.8) is 0 Å². The Labute approximate surface area is 113 Å². The van der Waals surface area contributed by atoms with Crippen LogP contribution in [0.5, 0.6) is 0 Å². The molecule has 0 saturated heterocycles. The van der Waals surface area contributed by atoms with Gasteiger partial charge in [0, 0.05) is 11.3 Å². The molecule has 20 heavy (non-hydrogen) atoms. The molecule has 1 aromatic heterocycles. The number of nitrogens with one attached hydrogen (secondary N) is 1. The number of benzene rings is 1. The highest BCUT2D eigenvalue weighted by Crippen LogP contribution is 2.15. The summed E-state index contributed by atoms with van der Waals surface area (Å²) in [5, 5.41) is 26.0. The largest absolute Gasteiger partial charge is 0.392 e. The van der Waals surface area contributed by atoms with Crippen molar-refractivity contribution in [2.45, 2.75) is 13.2 Å². The van der Waals surface area contributed by atoms with Crippen LogP contribution in [0.4, 0.5) is 11.4 Å². The fourth-order valence-electron chi connectivity index (χ4n) is 1.65. The van der Waals surface area contributed by atoms with E-state index < -0.39 is 4.92 Å². The molecule has 8 nitrogen and oxygen atoms in total. The molecule has 2 aromatic rings. The number of nitro groups is 1. The zero-order valence-corrected chi connectivity index (χ0v) is 10.4. The van der Waals surface area contributed by atoms with Gasteiger partial charge in [-0.2, -0.15) is 5.10 Å². The first kappa shape index (κ1) is 13.7. The molecule has 0 saturated carbocycles. The molecule has 0 fully saturated rings. The predicted octanol–water partition coefficient (Wildman–Crippen LogP) is 0.922. The lowest BCUT2D eigenvalue weighted by molar-refractivity contribution is -0.385. The average molecular weight is 276 g/mol. The molecule has 1 aromatic carbocycles. The van der Waals surface area contributed by atoms with Crippen molar-refractivity contribution in [3.8, 4) is 0 Å². The molecular weight excluding hydrogens is 264 g/mol. The first-order chi connectivity index (χ1) is 9.60. The smallest absolute Gasteiger partial charge is 0.307 e. The lowest BCUT2D eigenvalue weighted by Crippen LogP contribution is -2.19. The molecule has 0 bridgehead atoms. The Balaban J connectivity index is 2.03. The van der Waals surface area contributed by atoms with E-state index in [-0.39, 0.29) is 24.7 Å². The summed E-state index contributed by atoms with van der Waals surface area (Å²) in [6.45, 7) is -0.336. The van der Waals surface area contributed by atoms with Crippen LogP contribution in [-0.2, 0) is 17.9 Å². The number of rotatable bonds is 5. The third-order valence-corrected chi connectivity index (χ3v) is 2.60. The summed E-state index contributed by atoms with van der Waals surface area (Å²) < 4.78 is 1.18. The summed E-state index contributed by atoms with van der Waals surface area (Å²) in [6, 6.07) is 6.83. The minimum absolute atomic E-state index is 0.145. The zero-order chi connectivity index (χ0) is 14.5. The maximum Gasteiger partial charge on any atom is 0.307 e. The molecule has 0 aliphatic heterocycles. The number of aliphatic hydroxyl groups is 1. The second kappa shape index (κ2) is 5.93. The Morgan fingerprint density at radius 3 is 2.85 bits per heavy atom. The zero-order valence-electron chi connectivity index (χ0n) is 10.4. The van der Waals surface area contributed by atoms with Crippen molar-refractivity contribution in [2.24, 2.45) is 0 Å². The number of amides is 1. The summed E-state index contributed by atoms with van der Waals surface area (Å²) in [7, 11) is 0. The number of aliphatic hydroxyl groups excluding tert-OH is 1. The number of nitrogens with zero attached hydrogens (tertiary/aromatic N) is 3. The summed E-state index contributed by atoms with van der Waals surface area (Å²) in [4.78, 5) is 21.7. The average Bonchev–Trinajstić information content (AvgIpc) is 2.88. The van der Waals surface area contributed by atoms with Gasteiger partial charge in [-0.1, -0.05) is 18.2 Å². The van der Waals surface area contributed by atoms with E-state index in [4.69, 9.17) is 5.11 Å². The quantitative estimate of drug-likeness (QED) is 0.623. The molecule has 0 radical (unpaired) electrons. The standard InChI is InChI=1S/C12H12N4O4/c17-8-9-3-1-2-4-11(9)14-12(18)7-15-6-10(5-13-15)16(19)20/h1-6,17H,7-8H2,(H,14,18). The van der Waals surface area contributed by atoms with E-state index in [9.17, 15) is 14.9 Å². The summed E-state index contributed by atoms with van der Waals surface area (Å²) in [5.74, 6) is -0.385. The van der Waals surface area contributed by atoms with Gasteiger partial charge in [0.05, 0.1) is 11.5 Å². The number of carbonyl (C=O) groups excluding carboxylic acids is 1. The van der Waals surface area contributed by atoms with Crippen LogP contribution < -0.4 is 5.32 Å². The number of hydrogen-bond acceptors (Lipinski definition) is 5. The van der Waals surface area contributed by atoms with E-state index in [2.05, 4.69) is 10.4 Å². The lowest BCUT2D eigenvalue weighted by Gasteiger charge is -2.08. The Morgan fingerprint density at radius 1 is 1.45 bits per heavy atom. The normalized spacial score (nSPS) is 10.2. The minimum Gasteiger partial charge on any atom is -0.392 e. The van der Waals surface area contributed by atoms with Crippen LogP contribution in [0, 0.1) is 10.1 Å². The molecule has 2 N–H and O–H groups in total. The minimum atomic E-state index is -0.581. The maximum absolute atomic E-state index is 11.8. The van der Waals surface area contributed by atoms with Gasteiger partial charge in [0.1, 0.15) is 18.9 Å². The first-order valence-corrected chi connectivity index (χ1v) is 5.75. The van der Waals surface area contributed by atoms with E-state index in [0.29, 0.717) is 11.3 Å². The third kappa shape index (κ3) is 3.18. The summed E-state index contributed by atoms with van der Waals surface area (Å²) in [5.41, 5.74) is 0.919. The number of carbonyl (C=O) groups is 1. The third-order valence-electron chi connectivity index (χ3n) is 2.60. The Morgan fingerprint density at radius 2 is 2.20 bits per heavy atom. The van der Waals surface area contributed by atoms with E-state index in [1.165, 1.54) is 10.9 Å². The van der Waals surface area contributed by atoms with Gasteiger partial charge >= 0.3 is 5.69 Å². The second-order valence-electron chi connectivity index (χ2n) is 4.02. The van der Waals surface area contributed by atoms with Crippen LogP contribution in [0.25, 0.3) is 0 Å². The number of anilines is 1. The molecular formula is C12H12N4O4. The fraction of sp³-hybridized carbons (Fsp3) is 0.167. The Kier molecular flexibility index (Phi) is 4.06. The van der Waals surface area contributed by atoms with Crippen LogP contribution in [0.15, 0.2) is 36.7 Å². The van der Waals surface area contributed by atoms with Gasteiger partial charge < -0.3 is 10.4 Å². The topological polar surface area (TPSA) is 110 Å². The predicted molar refractivity (Wildman–Crippen MR) is 69.9 cm³/mol. The molecule has 1 amide bonds. The van der Waals surface area contributed by atoms with E-state index in [0.717, 1.165) is 6.20 Å². The lowest BCUT2D eigenvalue weighted by atomic mass is 10.2. The molecule has 0 spiro atoms. The number of para-hydroxylation sites is 1. The molecule has 8 heteroatoms. The van der Waals surface area contributed by atoms with Gasteiger partial charge in [-0.05, 0) is 6.07 Å². The van der Waals surface area contributed by atoms with E-state index in [1.54, 1.807) is 24.3 Å². The molecule has 0 atom stereocenters. The Hall–Kier alpha value is -2.74. The van der Waals surface area contributed by atoms with Crippen LogP contribution in [-0.4, -0.2) is 25.7 Å². The van der Waals surface area contributed by atoms with Crippen LogP contribution in [0.3, 0.4) is 0 Å². The van der Waals surface area contributed by atoms with Crippen molar-refractivity contribution < 1.29 is 14.8 Å². The second-order valence-corrected chi connectivity index (χ2v) is 4.02. The monoisotopic (exact) mass is 276 g/mol. The van der Waals surface area contributed by atoms with Crippen molar-refractivity contribution >= 4 is 17.3 Å². The number of hydrogen-bond donors (Lipinski definition) is 2.